The molecule has 5 rings (SSSR count). The lowest BCUT2D eigenvalue weighted by Crippen LogP contribution is -2.49. The highest BCUT2D eigenvalue weighted by molar-refractivity contribution is 7.89. The summed E-state index contributed by atoms with van der Waals surface area (Å²) in [5.74, 6) is 1.67. The maximum Gasteiger partial charge on any atom is 0.243 e. The van der Waals surface area contributed by atoms with Gasteiger partial charge in [-0.25, -0.2) is 13.4 Å². The largest absolute Gasteiger partial charge is 0.353 e. The molecule has 0 saturated carbocycles. The van der Waals surface area contributed by atoms with Crippen molar-refractivity contribution in [3.63, 3.8) is 0 Å². The van der Waals surface area contributed by atoms with Crippen LogP contribution in [0.4, 0.5) is 5.82 Å². The second-order valence-electron chi connectivity index (χ2n) is 9.62. The number of pyridine rings is 1. The minimum atomic E-state index is -3.48. The molecule has 2 fully saturated rings. The third kappa shape index (κ3) is 5.06. The average Bonchev–Trinajstić information content (AvgIpc) is 3.30. The standard InChI is InChI=1S/C26H33N5O3S/c1-21-7-14-31(15-8-21)35(33,34)23-5-6-24-22(20-23)9-12-28(24)13-10-26(32)30-18-16-29(17-19-30)25-4-2-3-11-27-25/h2-6,9,11-12,20-21H,7-8,10,13-19H2,1H3. The molecule has 2 aliphatic rings. The number of amides is 1. The van der Waals surface area contributed by atoms with Gasteiger partial charge < -0.3 is 14.4 Å². The summed E-state index contributed by atoms with van der Waals surface area (Å²) >= 11 is 0. The smallest absolute Gasteiger partial charge is 0.243 e. The van der Waals surface area contributed by atoms with Gasteiger partial charge in [-0.05, 0) is 55.2 Å². The Morgan fingerprint density at radius 3 is 2.49 bits per heavy atom. The molecule has 186 valence electrons. The Labute approximate surface area is 207 Å². The van der Waals surface area contributed by atoms with Crippen molar-refractivity contribution in [3.05, 3.63) is 54.9 Å². The molecule has 2 aliphatic heterocycles. The molecular weight excluding hydrogens is 462 g/mol. The van der Waals surface area contributed by atoms with Gasteiger partial charge in [-0.2, -0.15) is 4.31 Å². The van der Waals surface area contributed by atoms with Gasteiger partial charge in [0.1, 0.15) is 5.82 Å². The lowest BCUT2D eigenvalue weighted by Gasteiger charge is -2.35. The Kier molecular flexibility index (Phi) is 6.80. The van der Waals surface area contributed by atoms with Crippen LogP contribution in [0, 0.1) is 5.92 Å². The van der Waals surface area contributed by atoms with Gasteiger partial charge in [0.25, 0.3) is 0 Å². The Morgan fingerprint density at radius 2 is 1.77 bits per heavy atom. The van der Waals surface area contributed by atoms with Gasteiger partial charge in [-0.3, -0.25) is 4.79 Å². The van der Waals surface area contributed by atoms with Crippen LogP contribution in [0.15, 0.2) is 59.8 Å². The molecule has 1 amide bonds. The molecule has 0 aliphatic carbocycles. The predicted molar refractivity (Wildman–Crippen MR) is 137 cm³/mol. The number of sulfonamides is 1. The van der Waals surface area contributed by atoms with Crippen LogP contribution in [-0.4, -0.2) is 72.3 Å². The molecule has 9 heteroatoms. The van der Waals surface area contributed by atoms with Crippen LogP contribution in [0.2, 0.25) is 0 Å². The number of hydrogen-bond donors (Lipinski definition) is 0. The Balaban J connectivity index is 1.19. The fraction of sp³-hybridized carbons (Fsp3) is 0.462. The molecule has 0 radical (unpaired) electrons. The zero-order chi connectivity index (χ0) is 24.4. The van der Waals surface area contributed by atoms with Crippen LogP contribution in [0.1, 0.15) is 26.2 Å². The van der Waals surface area contributed by atoms with Crippen molar-refractivity contribution < 1.29 is 13.2 Å². The van der Waals surface area contributed by atoms with Crippen LogP contribution in [0.25, 0.3) is 10.9 Å². The number of piperazine rings is 1. The zero-order valence-corrected chi connectivity index (χ0v) is 21.0. The molecule has 1 aromatic carbocycles. The SMILES string of the molecule is CC1CCN(S(=O)(=O)c2ccc3c(ccn3CCC(=O)N3CCN(c4ccccn4)CC3)c2)CC1. The highest BCUT2D eigenvalue weighted by Gasteiger charge is 2.28. The second-order valence-corrected chi connectivity index (χ2v) is 11.6. The fourth-order valence-corrected chi connectivity index (χ4v) is 6.51. The van der Waals surface area contributed by atoms with Crippen LogP contribution in [-0.2, 0) is 21.4 Å². The molecule has 4 heterocycles. The van der Waals surface area contributed by atoms with E-state index >= 15 is 0 Å². The van der Waals surface area contributed by atoms with E-state index in [1.807, 2.05) is 46.0 Å². The molecule has 35 heavy (non-hydrogen) atoms. The van der Waals surface area contributed by atoms with E-state index in [0.717, 1.165) is 42.7 Å². The number of benzene rings is 1. The topological polar surface area (TPSA) is 78.8 Å². The van der Waals surface area contributed by atoms with Crippen LogP contribution >= 0.6 is 0 Å². The van der Waals surface area contributed by atoms with Crippen LogP contribution in [0.3, 0.4) is 0 Å². The first-order valence-electron chi connectivity index (χ1n) is 12.4. The number of fused-ring (bicyclic) bond motifs is 1. The molecule has 0 atom stereocenters. The van der Waals surface area contributed by atoms with E-state index < -0.39 is 10.0 Å². The van der Waals surface area contributed by atoms with Crippen molar-refractivity contribution in [3.8, 4) is 0 Å². The van der Waals surface area contributed by atoms with Gasteiger partial charge >= 0.3 is 0 Å². The number of carbonyl (C=O) groups excluding carboxylic acids is 1. The summed E-state index contributed by atoms with van der Waals surface area (Å²) in [6, 6.07) is 13.1. The Morgan fingerprint density at radius 1 is 1.00 bits per heavy atom. The first-order valence-corrected chi connectivity index (χ1v) is 13.9. The zero-order valence-electron chi connectivity index (χ0n) is 20.2. The molecule has 8 nitrogen and oxygen atoms in total. The summed E-state index contributed by atoms with van der Waals surface area (Å²) in [7, 11) is -3.48. The molecule has 0 spiro atoms. The Hall–Kier alpha value is -2.91. The number of piperidine rings is 1. The van der Waals surface area contributed by atoms with E-state index in [4.69, 9.17) is 0 Å². The van der Waals surface area contributed by atoms with Crippen molar-refractivity contribution in [2.75, 3.05) is 44.2 Å². The lowest BCUT2D eigenvalue weighted by molar-refractivity contribution is -0.131. The number of nitrogens with zero attached hydrogens (tertiary/aromatic N) is 5. The average molecular weight is 496 g/mol. The molecule has 0 bridgehead atoms. The van der Waals surface area contributed by atoms with Crippen LogP contribution < -0.4 is 4.90 Å². The molecule has 0 N–H and O–H groups in total. The van der Waals surface area contributed by atoms with Gasteiger partial charge in [-0.1, -0.05) is 13.0 Å². The quantitative estimate of drug-likeness (QED) is 0.525. The van der Waals surface area contributed by atoms with E-state index in [0.29, 0.717) is 50.0 Å². The number of carbonyl (C=O) groups is 1. The first-order chi connectivity index (χ1) is 16.9. The van der Waals surface area contributed by atoms with Gasteiger partial charge in [0.15, 0.2) is 0 Å². The van der Waals surface area contributed by atoms with E-state index in [1.54, 1.807) is 22.6 Å². The summed E-state index contributed by atoms with van der Waals surface area (Å²) in [6.07, 6.45) is 5.96. The van der Waals surface area contributed by atoms with Crippen molar-refractivity contribution in [1.82, 2.24) is 18.8 Å². The van der Waals surface area contributed by atoms with E-state index in [-0.39, 0.29) is 5.91 Å². The molecule has 0 unspecified atom stereocenters. The summed E-state index contributed by atoms with van der Waals surface area (Å²) < 4.78 is 29.9. The molecule has 2 aromatic heterocycles. The fourth-order valence-electron chi connectivity index (χ4n) is 5.01. The molecule has 2 saturated heterocycles. The first kappa shape index (κ1) is 23.8. The normalized spacial score (nSPS) is 18.3. The minimum Gasteiger partial charge on any atom is -0.353 e. The number of rotatable bonds is 6. The number of hydrogen-bond acceptors (Lipinski definition) is 5. The van der Waals surface area contributed by atoms with Gasteiger partial charge in [0.2, 0.25) is 15.9 Å². The third-order valence-electron chi connectivity index (χ3n) is 7.30. The van der Waals surface area contributed by atoms with Crippen molar-refractivity contribution in [2.45, 2.75) is 37.6 Å². The second kappa shape index (κ2) is 9.99. The summed E-state index contributed by atoms with van der Waals surface area (Å²) in [4.78, 5) is 21.7. The van der Waals surface area contributed by atoms with E-state index in [2.05, 4.69) is 16.8 Å². The number of aromatic nitrogens is 2. The van der Waals surface area contributed by atoms with E-state index in [9.17, 15) is 13.2 Å². The third-order valence-corrected chi connectivity index (χ3v) is 9.19. The number of aryl methyl sites for hydroxylation is 1. The predicted octanol–water partition coefficient (Wildman–Crippen LogP) is 3.20. The summed E-state index contributed by atoms with van der Waals surface area (Å²) in [5, 5.41) is 0.882. The highest BCUT2D eigenvalue weighted by Crippen LogP contribution is 2.26. The van der Waals surface area contributed by atoms with Crippen molar-refractivity contribution in [2.24, 2.45) is 5.92 Å². The summed E-state index contributed by atoms with van der Waals surface area (Å²) in [6.45, 7) is 6.85. The number of anilines is 1. The van der Waals surface area contributed by atoms with Crippen molar-refractivity contribution in [1.29, 1.82) is 0 Å². The van der Waals surface area contributed by atoms with Gasteiger partial charge in [-0.15, -0.1) is 0 Å². The minimum absolute atomic E-state index is 0.144. The molecular formula is C26H33N5O3S. The lowest BCUT2D eigenvalue weighted by atomic mass is 10.0. The van der Waals surface area contributed by atoms with E-state index in [1.165, 1.54) is 0 Å². The van der Waals surface area contributed by atoms with Crippen LogP contribution in [0.5, 0.6) is 0 Å². The molecule has 3 aromatic rings. The monoisotopic (exact) mass is 495 g/mol. The van der Waals surface area contributed by atoms with Crippen molar-refractivity contribution >= 4 is 32.7 Å². The van der Waals surface area contributed by atoms with Gasteiger partial charge in [0.05, 0.1) is 4.90 Å². The highest BCUT2D eigenvalue weighted by atomic mass is 32.2. The van der Waals surface area contributed by atoms with Gasteiger partial charge in [0, 0.05) is 75.5 Å². The maximum absolute atomic E-state index is 13.1. The maximum atomic E-state index is 13.1. The summed E-state index contributed by atoms with van der Waals surface area (Å²) in [5.41, 5.74) is 0.948. The Bertz CT molecular complexity index is 1270.